The van der Waals surface area contributed by atoms with Gasteiger partial charge in [-0.3, -0.25) is 4.79 Å². The van der Waals surface area contributed by atoms with Crippen LogP contribution in [0, 0.1) is 10.8 Å². The Bertz CT molecular complexity index is 183. The average Bonchev–Trinajstić information content (AvgIpc) is 1.87. The largest absolute Gasteiger partial charge is 0.369 e. The van der Waals surface area contributed by atoms with E-state index < -0.39 is 16.7 Å². The molecule has 0 atom stereocenters. The maximum Gasteiger partial charge on any atom is 0.224 e. The molecule has 0 heterocycles. The van der Waals surface area contributed by atoms with Gasteiger partial charge in [-0.25, -0.2) is 0 Å². The van der Waals surface area contributed by atoms with Crippen LogP contribution >= 0.6 is 0 Å². The third kappa shape index (κ3) is 1.59. The molecule has 2 N–H and O–H groups in total. The van der Waals surface area contributed by atoms with Crippen molar-refractivity contribution in [2.75, 3.05) is 0 Å². The number of hydrogen-bond acceptors (Lipinski definition) is 2. The lowest BCUT2D eigenvalue weighted by atomic mass is 9.68. The van der Waals surface area contributed by atoms with E-state index in [1.165, 1.54) is 0 Å². The summed E-state index contributed by atoms with van der Waals surface area (Å²) in [6.45, 7) is 6.74. The molecule has 0 spiro atoms. The Morgan fingerprint density at radius 3 is 1.73 bits per heavy atom. The van der Waals surface area contributed by atoms with Crippen LogP contribution in [0.5, 0.6) is 0 Å². The number of carbonyl (C=O) groups is 2. The van der Waals surface area contributed by atoms with Crippen molar-refractivity contribution >= 4 is 12.2 Å². The monoisotopic (exact) mass is 157 g/mol. The zero-order chi connectivity index (χ0) is 9.28. The second-order valence-corrected chi connectivity index (χ2v) is 3.83. The van der Waals surface area contributed by atoms with Crippen LogP contribution in [0.1, 0.15) is 27.7 Å². The molecule has 0 aromatic rings. The molecular formula is C8H15NO2. The number of hydrogen-bond donors (Lipinski definition) is 1. The van der Waals surface area contributed by atoms with Crippen LogP contribution in [0.2, 0.25) is 0 Å². The molecule has 0 aliphatic heterocycles. The van der Waals surface area contributed by atoms with Gasteiger partial charge >= 0.3 is 0 Å². The molecule has 0 rings (SSSR count). The van der Waals surface area contributed by atoms with E-state index in [9.17, 15) is 9.59 Å². The van der Waals surface area contributed by atoms with E-state index in [2.05, 4.69) is 0 Å². The Hall–Kier alpha value is -0.860. The molecule has 0 fully saturated rings. The Labute approximate surface area is 67.0 Å². The molecule has 0 aromatic carbocycles. The van der Waals surface area contributed by atoms with Crippen LogP contribution in [0.4, 0.5) is 0 Å². The Morgan fingerprint density at radius 2 is 1.64 bits per heavy atom. The van der Waals surface area contributed by atoms with Crippen molar-refractivity contribution in [1.82, 2.24) is 0 Å². The van der Waals surface area contributed by atoms with Crippen LogP contribution in [-0.4, -0.2) is 12.2 Å². The van der Waals surface area contributed by atoms with Crippen LogP contribution in [0.15, 0.2) is 0 Å². The highest BCUT2D eigenvalue weighted by molar-refractivity contribution is 5.84. The lowest BCUT2D eigenvalue weighted by Crippen LogP contribution is -2.44. The summed E-state index contributed by atoms with van der Waals surface area (Å²) >= 11 is 0. The lowest BCUT2D eigenvalue weighted by Gasteiger charge is -2.33. The van der Waals surface area contributed by atoms with E-state index in [-0.39, 0.29) is 0 Å². The van der Waals surface area contributed by atoms with Crippen molar-refractivity contribution in [2.45, 2.75) is 27.7 Å². The summed E-state index contributed by atoms with van der Waals surface area (Å²) < 4.78 is 0. The first kappa shape index (κ1) is 10.1. The molecule has 1 amide bonds. The summed E-state index contributed by atoms with van der Waals surface area (Å²) in [5.74, 6) is -0.449. The predicted molar refractivity (Wildman–Crippen MR) is 42.8 cm³/mol. The van der Waals surface area contributed by atoms with Gasteiger partial charge < -0.3 is 10.5 Å². The number of carbonyl (C=O) groups excluding carboxylic acids is 2. The molecule has 0 radical (unpaired) electrons. The molecule has 3 nitrogen and oxygen atoms in total. The summed E-state index contributed by atoms with van der Waals surface area (Å²) in [6, 6.07) is 0. The third-order valence-electron chi connectivity index (χ3n) is 2.52. The van der Waals surface area contributed by atoms with E-state index in [0.717, 1.165) is 6.29 Å². The fourth-order valence-corrected chi connectivity index (χ4v) is 0.465. The van der Waals surface area contributed by atoms with Crippen molar-refractivity contribution in [2.24, 2.45) is 16.6 Å². The molecule has 0 bridgehead atoms. The van der Waals surface area contributed by atoms with Crippen molar-refractivity contribution in [3.8, 4) is 0 Å². The van der Waals surface area contributed by atoms with E-state index in [0.29, 0.717) is 0 Å². The van der Waals surface area contributed by atoms with Crippen molar-refractivity contribution < 1.29 is 9.59 Å². The van der Waals surface area contributed by atoms with E-state index in [1.807, 2.05) is 0 Å². The molecular weight excluding hydrogens is 142 g/mol. The number of amides is 1. The topological polar surface area (TPSA) is 60.2 Å². The fraction of sp³-hybridized carbons (Fsp3) is 0.750. The third-order valence-corrected chi connectivity index (χ3v) is 2.52. The van der Waals surface area contributed by atoms with Gasteiger partial charge in [-0.05, 0) is 0 Å². The highest BCUT2D eigenvalue weighted by atomic mass is 16.1. The summed E-state index contributed by atoms with van der Waals surface area (Å²) in [6.07, 6.45) is 0.762. The number of rotatable bonds is 3. The summed E-state index contributed by atoms with van der Waals surface area (Å²) in [5, 5.41) is 0. The minimum atomic E-state index is -0.783. The summed E-state index contributed by atoms with van der Waals surface area (Å²) in [4.78, 5) is 21.5. The van der Waals surface area contributed by atoms with Crippen molar-refractivity contribution in [3.63, 3.8) is 0 Å². The van der Waals surface area contributed by atoms with Gasteiger partial charge in [0.1, 0.15) is 6.29 Å². The summed E-state index contributed by atoms with van der Waals surface area (Å²) in [5.41, 5.74) is 3.66. The zero-order valence-corrected chi connectivity index (χ0v) is 7.47. The Morgan fingerprint density at radius 1 is 1.27 bits per heavy atom. The minimum Gasteiger partial charge on any atom is -0.369 e. The fourth-order valence-electron chi connectivity index (χ4n) is 0.465. The Kier molecular flexibility index (Phi) is 2.44. The molecule has 0 aromatic heterocycles. The van der Waals surface area contributed by atoms with E-state index in [4.69, 9.17) is 5.73 Å². The molecule has 64 valence electrons. The number of primary amides is 1. The Balaban J connectivity index is 4.81. The normalized spacial score (nSPS) is 12.7. The van der Waals surface area contributed by atoms with Gasteiger partial charge in [0.2, 0.25) is 5.91 Å². The first-order valence-corrected chi connectivity index (χ1v) is 3.52. The standard InChI is InChI=1S/C8H15NO2/c1-7(2,5-10)8(3,4)6(9)11/h5H,1-4H3,(H2,9,11). The molecule has 3 heteroatoms. The second kappa shape index (κ2) is 2.64. The smallest absolute Gasteiger partial charge is 0.224 e. The SMILES string of the molecule is CC(C)(C=O)C(C)(C)C(N)=O. The molecule has 0 saturated heterocycles. The van der Waals surface area contributed by atoms with Crippen molar-refractivity contribution in [1.29, 1.82) is 0 Å². The quantitative estimate of drug-likeness (QED) is 0.614. The van der Waals surface area contributed by atoms with Gasteiger partial charge in [0, 0.05) is 5.41 Å². The lowest BCUT2D eigenvalue weighted by molar-refractivity contribution is -0.137. The van der Waals surface area contributed by atoms with Gasteiger partial charge in [-0.15, -0.1) is 0 Å². The number of aldehydes is 1. The molecule has 0 aliphatic rings. The average molecular weight is 157 g/mol. The highest BCUT2D eigenvalue weighted by Crippen LogP contribution is 2.35. The van der Waals surface area contributed by atoms with Gasteiger partial charge in [0.05, 0.1) is 5.41 Å². The first-order chi connectivity index (χ1) is 4.75. The highest BCUT2D eigenvalue weighted by Gasteiger charge is 2.41. The maximum absolute atomic E-state index is 10.9. The molecule has 0 saturated carbocycles. The summed E-state index contributed by atoms with van der Waals surface area (Å²) in [7, 11) is 0. The van der Waals surface area contributed by atoms with Crippen LogP contribution in [-0.2, 0) is 9.59 Å². The van der Waals surface area contributed by atoms with Gasteiger partial charge in [0.25, 0.3) is 0 Å². The van der Waals surface area contributed by atoms with Gasteiger partial charge in [0.15, 0.2) is 0 Å². The second-order valence-electron chi connectivity index (χ2n) is 3.83. The minimum absolute atomic E-state index is 0.449. The zero-order valence-electron chi connectivity index (χ0n) is 7.47. The van der Waals surface area contributed by atoms with Crippen LogP contribution in [0.3, 0.4) is 0 Å². The first-order valence-electron chi connectivity index (χ1n) is 3.52. The molecule has 0 unspecified atom stereocenters. The number of nitrogens with two attached hydrogens (primary N) is 1. The van der Waals surface area contributed by atoms with Crippen LogP contribution < -0.4 is 5.73 Å². The van der Waals surface area contributed by atoms with Crippen molar-refractivity contribution in [3.05, 3.63) is 0 Å². The van der Waals surface area contributed by atoms with Gasteiger partial charge in [-0.2, -0.15) is 0 Å². The van der Waals surface area contributed by atoms with E-state index in [1.54, 1.807) is 27.7 Å². The predicted octanol–water partition coefficient (Wildman–Crippen LogP) is 0.723. The maximum atomic E-state index is 10.9. The van der Waals surface area contributed by atoms with Gasteiger partial charge in [-0.1, -0.05) is 27.7 Å². The van der Waals surface area contributed by atoms with E-state index >= 15 is 0 Å². The molecule has 11 heavy (non-hydrogen) atoms. The van der Waals surface area contributed by atoms with Crippen LogP contribution in [0.25, 0.3) is 0 Å². The molecule has 0 aliphatic carbocycles.